The number of carbonyl (C=O) groups excluding carboxylic acids is 2. The fourth-order valence-electron chi connectivity index (χ4n) is 3.71. The maximum Gasteiger partial charge on any atom is 0.223 e. The van der Waals surface area contributed by atoms with Crippen molar-refractivity contribution in [1.82, 2.24) is 10.6 Å². The van der Waals surface area contributed by atoms with Crippen LogP contribution < -0.4 is 10.6 Å². The van der Waals surface area contributed by atoms with E-state index in [1.54, 1.807) is 12.1 Å². The lowest BCUT2D eigenvalue weighted by atomic mass is 10.0. The van der Waals surface area contributed by atoms with Crippen LogP contribution in [0.3, 0.4) is 0 Å². The van der Waals surface area contributed by atoms with Crippen LogP contribution in [0.15, 0.2) is 89.3 Å². The van der Waals surface area contributed by atoms with Crippen molar-refractivity contribution in [2.75, 3.05) is 0 Å². The summed E-state index contributed by atoms with van der Waals surface area (Å²) in [5.41, 5.74) is 2.47. The predicted molar refractivity (Wildman–Crippen MR) is 125 cm³/mol. The Morgan fingerprint density at radius 1 is 0.875 bits per heavy atom. The van der Waals surface area contributed by atoms with E-state index in [0.29, 0.717) is 10.8 Å². The van der Waals surface area contributed by atoms with Gasteiger partial charge in [-0.05, 0) is 35.4 Å². The lowest BCUT2D eigenvalue weighted by Crippen LogP contribution is -2.34. The van der Waals surface area contributed by atoms with Crippen molar-refractivity contribution in [3.05, 3.63) is 107 Å². The fraction of sp³-hybridized carbons (Fsp3) is 0.154. The summed E-state index contributed by atoms with van der Waals surface area (Å²) in [7, 11) is 0. The van der Waals surface area contributed by atoms with Gasteiger partial charge < -0.3 is 15.1 Å². The second kappa shape index (κ2) is 9.71. The number of rotatable bonds is 7. The van der Waals surface area contributed by atoms with Crippen LogP contribution in [0.2, 0.25) is 5.02 Å². The molecule has 0 spiro atoms. The molecule has 0 aliphatic rings. The van der Waals surface area contributed by atoms with E-state index in [9.17, 15) is 9.59 Å². The summed E-state index contributed by atoms with van der Waals surface area (Å²) < 4.78 is 6.05. The molecule has 4 rings (SSSR count). The zero-order chi connectivity index (χ0) is 22.5. The maximum atomic E-state index is 13.1. The molecule has 2 N–H and O–H groups in total. The molecule has 0 aliphatic carbocycles. The highest BCUT2D eigenvalue weighted by Crippen LogP contribution is 2.29. The van der Waals surface area contributed by atoms with E-state index in [0.717, 1.165) is 22.1 Å². The summed E-state index contributed by atoms with van der Waals surface area (Å²) in [6.45, 7) is 1.43. The van der Waals surface area contributed by atoms with Crippen molar-refractivity contribution in [3.8, 4) is 0 Å². The molecule has 3 aromatic carbocycles. The van der Waals surface area contributed by atoms with E-state index in [1.807, 2.05) is 72.8 Å². The van der Waals surface area contributed by atoms with E-state index < -0.39 is 12.1 Å². The number of carbonyl (C=O) groups is 2. The normalized spacial score (nSPS) is 12.8. The van der Waals surface area contributed by atoms with Gasteiger partial charge in [-0.3, -0.25) is 9.59 Å². The zero-order valence-corrected chi connectivity index (χ0v) is 18.3. The van der Waals surface area contributed by atoms with Crippen LogP contribution in [0.4, 0.5) is 0 Å². The molecule has 0 bridgehead atoms. The Labute approximate surface area is 191 Å². The molecular formula is C26H23ClN2O3. The minimum Gasteiger partial charge on any atom is -0.459 e. The summed E-state index contributed by atoms with van der Waals surface area (Å²) >= 11 is 5.99. The molecule has 162 valence electrons. The Kier molecular flexibility index (Phi) is 6.57. The second-order valence-corrected chi connectivity index (χ2v) is 8.04. The highest BCUT2D eigenvalue weighted by atomic mass is 35.5. The lowest BCUT2D eigenvalue weighted by Gasteiger charge is -2.21. The van der Waals surface area contributed by atoms with E-state index >= 15 is 0 Å². The number of furan rings is 1. The molecular weight excluding hydrogens is 424 g/mol. The van der Waals surface area contributed by atoms with Crippen LogP contribution in [-0.2, 0) is 9.59 Å². The van der Waals surface area contributed by atoms with Gasteiger partial charge in [-0.2, -0.15) is 0 Å². The summed E-state index contributed by atoms with van der Waals surface area (Å²) in [5, 5.41) is 7.50. The van der Waals surface area contributed by atoms with Crippen molar-refractivity contribution in [3.63, 3.8) is 0 Å². The molecule has 5 nitrogen and oxygen atoms in total. The first-order valence-electron chi connectivity index (χ1n) is 10.3. The molecule has 2 amide bonds. The summed E-state index contributed by atoms with van der Waals surface area (Å²) in [6.07, 6.45) is 0.0742. The quantitative estimate of drug-likeness (QED) is 0.390. The molecule has 2 unspecified atom stereocenters. The molecule has 2 atom stereocenters. The number of nitrogens with one attached hydrogen (secondary N) is 2. The Hall–Kier alpha value is -3.57. The largest absolute Gasteiger partial charge is 0.459 e. The van der Waals surface area contributed by atoms with E-state index in [-0.39, 0.29) is 18.2 Å². The first-order valence-corrected chi connectivity index (χ1v) is 10.7. The average Bonchev–Trinajstić information content (AvgIpc) is 3.22. The zero-order valence-electron chi connectivity index (χ0n) is 17.5. The smallest absolute Gasteiger partial charge is 0.223 e. The van der Waals surface area contributed by atoms with Crippen molar-refractivity contribution in [1.29, 1.82) is 0 Å². The number of para-hydroxylation sites is 1. The molecule has 0 radical (unpaired) electrons. The molecule has 0 fully saturated rings. The standard InChI is InChI=1S/C26H23ClN2O3/c1-17(30)28-22(18-11-13-21(27)14-12-18)16-25(31)29-26(19-7-3-2-4-8-19)24-15-20-9-5-6-10-23(20)32-24/h2-15,22,26H,16H2,1H3,(H,28,30)(H,29,31). The van der Waals surface area contributed by atoms with Gasteiger partial charge in [0.2, 0.25) is 11.8 Å². The number of halogens is 1. The Bertz CT molecular complexity index is 1190. The highest BCUT2D eigenvalue weighted by Gasteiger charge is 2.24. The molecule has 1 aromatic heterocycles. The van der Waals surface area contributed by atoms with Gasteiger partial charge in [0.15, 0.2) is 0 Å². The molecule has 0 aliphatic heterocycles. The Morgan fingerprint density at radius 3 is 2.25 bits per heavy atom. The third-order valence-electron chi connectivity index (χ3n) is 5.21. The molecule has 0 saturated heterocycles. The van der Waals surface area contributed by atoms with E-state index in [1.165, 1.54) is 6.92 Å². The van der Waals surface area contributed by atoms with Gasteiger partial charge in [-0.25, -0.2) is 0 Å². The van der Waals surface area contributed by atoms with Crippen LogP contribution in [0.25, 0.3) is 11.0 Å². The first kappa shape index (κ1) is 21.7. The average molecular weight is 447 g/mol. The summed E-state index contributed by atoms with van der Waals surface area (Å²) in [5.74, 6) is 0.218. The summed E-state index contributed by atoms with van der Waals surface area (Å²) in [4.78, 5) is 24.9. The summed E-state index contributed by atoms with van der Waals surface area (Å²) in [6, 6.07) is 25.5. The number of amides is 2. The van der Waals surface area contributed by atoms with Gasteiger partial charge in [-0.1, -0.05) is 72.3 Å². The fourth-order valence-corrected chi connectivity index (χ4v) is 3.83. The third-order valence-corrected chi connectivity index (χ3v) is 5.46. The number of hydrogen-bond donors (Lipinski definition) is 2. The molecule has 0 saturated carbocycles. The van der Waals surface area contributed by atoms with Crippen LogP contribution in [0.5, 0.6) is 0 Å². The van der Waals surface area contributed by atoms with Crippen LogP contribution in [0, 0.1) is 0 Å². The predicted octanol–water partition coefficient (Wildman–Crippen LogP) is 5.56. The van der Waals surface area contributed by atoms with Crippen molar-refractivity contribution in [2.24, 2.45) is 0 Å². The highest BCUT2D eigenvalue weighted by molar-refractivity contribution is 6.30. The van der Waals surface area contributed by atoms with Gasteiger partial charge in [0.1, 0.15) is 17.4 Å². The molecule has 1 heterocycles. The molecule has 32 heavy (non-hydrogen) atoms. The minimum atomic E-state index is -0.475. The van der Waals surface area contributed by atoms with Crippen LogP contribution in [-0.4, -0.2) is 11.8 Å². The van der Waals surface area contributed by atoms with Crippen molar-refractivity contribution >= 4 is 34.4 Å². The van der Waals surface area contributed by atoms with Gasteiger partial charge in [0.25, 0.3) is 0 Å². The Morgan fingerprint density at radius 2 is 1.56 bits per heavy atom. The monoisotopic (exact) mass is 446 g/mol. The van der Waals surface area contributed by atoms with Gasteiger partial charge in [-0.15, -0.1) is 0 Å². The minimum absolute atomic E-state index is 0.0742. The van der Waals surface area contributed by atoms with Crippen LogP contribution in [0.1, 0.15) is 42.3 Å². The van der Waals surface area contributed by atoms with Gasteiger partial charge in [0.05, 0.1) is 12.5 Å². The van der Waals surface area contributed by atoms with Crippen LogP contribution >= 0.6 is 11.6 Å². The second-order valence-electron chi connectivity index (χ2n) is 7.61. The van der Waals surface area contributed by atoms with Crippen molar-refractivity contribution in [2.45, 2.75) is 25.4 Å². The third kappa shape index (κ3) is 5.18. The van der Waals surface area contributed by atoms with Gasteiger partial charge >= 0.3 is 0 Å². The number of fused-ring (bicyclic) bond motifs is 1. The maximum absolute atomic E-state index is 13.1. The van der Waals surface area contributed by atoms with E-state index in [4.69, 9.17) is 16.0 Å². The first-order chi connectivity index (χ1) is 15.5. The number of hydrogen-bond acceptors (Lipinski definition) is 3. The van der Waals surface area contributed by atoms with E-state index in [2.05, 4.69) is 10.6 Å². The Balaban J connectivity index is 1.60. The topological polar surface area (TPSA) is 71.3 Å². The lowest BCUT2D eigenvalue weighted by molar-refractivity contribution is -0.123. The number of benzene rings is 3. The van der Waals surface area contributed by atoms with Gasteiger partial charge in [0, 0.05) is 17.3 Å². The molecule has 6 heteroatoms. The molecule has 4 aromatic rings. The SMILES string of the molecule is CC(=O)NC(CC(=O)NC(c1ccccc1)c1cc2ccccc2o1)c1ccc(Cl)cc1. The van der Waals surface area contributed by atoms with Crippen molar-refractivity contribution < 1.29 is 14.0 Å².